The van der Waals surface area contributed by atoms with Crippen LogP contribution in [0, 0.1) is 20.8 Å². The Kier molecular flexibility index (Phi) is 5.88. The maximum atomic E-state index is 6.15. The maximum absolute atomic E-state index is 6.15. The molecule has 7 heteroatoms. The fraction of sp³-hybridized carbons (Fsp3) is 0.308. The van der Waals surface area contributed by atoms with Gasteiger partial charge in [0.15, 0.2) is 0 Å². The molecule has 0 radical (unpaired) electrons. The highest BCUT2D eigenvalue weighted by Crippen LogP contribution is 2.32. The fourth-order valence-corrected chi connectivity index (χ4v) is 4.25. The van der Waals surface area contributed by atoms with Crippen LogP contribution in [0.3, 0.4) is 0 Å². The fourth-order valence-electron chi connectivity index (χ4n) is 4.25. The van der Waals surface area contributed by atoms with Crippen LogP contribution in [0.25, 0.3) is 11.0 Å². The van der Waals surface area contributed by atoms with Gasteiger partial charge >= 0.3 is 0 Å². The summed E-state index contributed by atoms with van der Waals surface area (Å²) < 4.78 is 11.6. The van der Waals surface area contributed by atoms with E-state index in [1.165, 1.54) is 0 Å². The van der Waals surface area contributed by atoms with Crippen LogP contribution in [0.5, 0.6) is 5.75 Å². The Morgan fingerprint density at radius 2 is 1.73 bits per heavy atom. The van der Waals surface area contributed by atoms with E-state index in [0.29, 0.717) is 25.8 Å². The average molecular weight is 444 g/mol. The minimum absolute atomic E-state index is 0.549. The zero-order chi connectivity index (χ0) is 22.8. The molecule has 170 valence electrons. The number of aromatic nitrogens is 3. The van der Waals surface area contributed by atoms with Gasteiger partial charge < -0.3 is 24.7 Å². The maximum Gasteiger partial charge on any atom is 0.229 e. The summed E-state index contributed by atoms with van der Waals surface area (Å²) in [7, 11) is 0. The first-order chi connectivity index (χ1) is 16.1. The van der Waals surface area contributed by atoms with Crippen molar-refractivity contribution in [2.24, 2.45) is 0 Å². The van der Waals surface area contributed by atoms with Crippen molar-refractivity contribution in [3.8, 4) is 5.75 Å². The molecule has 0 spiro atoms. The summed E-state index contributed by atoms with van der Waals surface area (Å²) in [4.78, 5) is 15.2. The van der Waals surface area contributed by atoms with E-state index in [1.807, 2.05) is 25.1 Å². The van der Waals surface area contributed by atoms with Gasteiger partial charge in [0.25, 0.3) is 0 Å². The van der Waals surface area contributed by atoms with Crippen LogP contribution in [0.2, 0.25) is 0 Å². The Morgan fingerprint density at radius 3 is 2.45 bits per heavy atom. The molecule has 1 saturated heterocycles. The van der Waals surface area contributed by atoms with E-state index >= 15 is 0 Å². The molecule has 33 heavy (non-hydrogen) atoms. The van der Waals surface area contributed by atoms with Crippen molar-refractivity contribution >= 4 is 28.5 Å². The lowest BCUT2D eigenvalue weighted by molar-refractivity contribution is 0.122. The zero-order valence-electron chi connectivity index (χ0n) is 19.3. The van der Waals surface area contributed by atoms with Crippen molar-refractivity contribution in [1.29, 1.82) is 0 Å². The minimum atomic E-state index is 0.549. The highest BCUT2D eigenvalue weighted by atomic mass is 16.5. The van der Waals surface area contributed by atoms with Crippen molar-refractivity contribution in [3.05, 3.63) is 70.9 Å². The first-order valence-electron chi connectivity index (χ1n) is 11.3. The summed E-state index contributed by atoms with van der Waals surface area (Å²) in [5, 5.41) is 4.51. The highest BCUT2D eigenvalue weighted by molar-refractivity contribution is 5.91. The van der Waals surface area contributed by atoms with E-state index in [1.54, 1.807) is 0 Å². The molecule has 0 aliphatic carbocycles. The van der Waals surface area contributed by atoms with Crippen molar-refractivity contribution in [1.82, 2.24) is 15.0 Å². The lowest BCUT2D eigenvalue weighted by atomic mass is 10.1. The van der Waals surface area contributed by atoms with Crippen molar-refractivity contribution < 1.29 is 9.47 Å². The number of nitrogens with zero attached hydrogens (tertiary/aromatic N) is 3. The monoisotopic (exact) mass is 443 g/mol. The number of hydrogen-bond donors (Lipinski definition) is 2. The van der Waals surface area contributed by atoms with Crippen molar-refractivity contribution in [2.75, 3.05) is 36.5 Å². The van der Waals surface area contributed by atoms with Gasteiger partial charge in [-0.15, -0.1) is 0 Å². The molecule has 0 atom stereocenters. The quantitative estimate of drug-likeness (QED) is 0.435. The Labute approximate surface area is 193 Å². The standard InChI is InChI=1S/C26H29N5O2/c1-17-13-21(14-18(2)23(17)33-16-20-7-5-4-6-8-20)28-25-22-15-19(3)27-24(22)29-26(30-25)31-9-11-32-12-10-31/h4-8,13-15H,9-12,16H2,1-3H3,(H2,27,28,29,30). The number of aromatic amines is 1. The molecule has 2 aromatic heterocycles. The largest absolute Gasteiger partial charge is 0.488 e. The van der Waals surface area contributed by atoms with Crippen LogP contribution < -0.4 is 15.0 Å². The van der Waals surface area contributed by atoms with Crippen molar-refractivity contribution in [2.45, 2.75) is 27.4 Å². The van der Waals surface area contributed by atoms with E-state index in [9.17, 15) is 0 Å². The summed E-state index contributed by atoms with van der Waals surface area (Å²) >= 11 is 0. The Hall–Kier alpha value is -3.58. The number of morpholine rings is 1. The number of nitrogens with one attached hydrogen (secondary N) is 2. The number of hydrogen-bond acceptors (Lipinski definition) is 6. The minimum Gasteiger partial charge on any atom is -0.488 e. The summed E-state index contributed by atoms with van der Waals surface area (Å²) in [5.74, 6) is 2.43. The van der Waals surface area contributed by atoms with E-state index in [0.717, 1.165) is 63.8 Å². The predicted octanol–water partition coefficient (Wildman–Crippen LogP) is 5.04. The van der Waals surface area contributed by atoms with Crippen LogP contribution in [-0.4, -0.2) is 41.3 Å². The van der Waals surface area contributed by atoms with Gasteiger partial charge in [-0.05, 0) is 55.7 Å². The first-order valence-corrected chi connectivity index (χ1v) is 11.3. The lowest BCUT2D eigenvalue weighted by Crippen LogP contribution is -2.37. The van der Waals surface area contributed by atoms with Gasteiger partial charge in [-0.3, -0.25) is 0 Å². The summed E-state index contributed by atoms with van der Waals surface area (Å²) in [6, 6.07) is 16.5. The summed E-state index contributed by atoms with van der Waals surface area (Å²) in [6.45, 7) is 9.70. The lowest BCUT2D eigenvalue weighted by Gasteiger charge is -2.27. The number of aryl methyl sites for hydroxylation is 3. The second kappa shape index (κ2) is 9.11. The molecular formula is C26H29N5O2. The molecule has 1 aliphatic heterocycles. The number of H-pyrrole nitrogens is 1. The summed E-state index contributed by atoms with van der Waals surface area (Å²) in [5.41, 5.74) is 6.18. The molecule has 0 bridgehead atoms. The molecule has 0 saturated carbocycles. The second-order valence-electron chi connectivity index (χ2n) is 8.52. The highest BCUT2D eigenvalue weighted by Gasteiger charge is 2.18. The zero-order valence-corrected chi connectivity index (χ0v) is 19.3. The van der Waals surface area contributed by atoms with Crippen LogP contribution in [0.15, 0.2) is 48.5 Å². The molecule has 0 amide bonds. The van der Waals surface area contributed by atoms with E-state index in [4.69, 9.17) is 19.4 Å². The van der Waals surface area contributed by atoms with Gasteiger partial charge in [-0.1, -0.05) is 30.3 Å². The molecule has 1 aliphatic rings. The van der Waals surface area contributed by atoms with Gasteiger partial charge in [0.1, 0.15) is 23.8 Å². The van der Waals surface area contributed by atoms with Gasteiger partial charge in [0.05, 0.1) is 18.6 Å². The number of rotatable bonds is 6. The van der Waals surface area contributed by atoms with Gasteiger partial charge in [0.2, 0.25) is 5.95 Å². The van der Waals surface area contributed by atoms with Crippen molar-refractivity contribution in [3.63, 3.8) is 0 Å². The molecule has 3 heterocycles. The third-order valence-electron chi connectivity index (χ3n) is 5.85. The van der Waals surface area contributed by atoms with Crippen LogP contribution in [0.1, 0.15) is 22.4 Å². The van der Waals surface area contributed by atoms with Gasteiger partial charge in [0, 0.05) is 24.5 Å². The third-order valence-corrected chi connectivity index (χ3v) is 5.85. The molecule has 4 aromatic rings. The molecule has 7 nitrogen and oxygen atoms in total. The third kappa shape index (κ3) is 4.64. The molecule has 0 unspecified atom stereocenters. The number of benzene rings is 2. The molecule has 5 rings (SSSR count). The predicted molar refractivity (Wildman–Crippen MR) is 132 cm³/mol. The average Bonchev–Trinajstić information content (AvgIpc) is 3.20. The molecular weight excluding hydrogens is 414 g/mol. The normalized spacial score (nSPS) is 14.0. The van der Waals surface area contributed by atoms with Crippen LogP contribution >= 0.6 is 0 Å². The summed E-state index contributed by atoms with van der Waals surface area (Å²) in [6.07, 6.45) is 0. The van der Waals surface area contributed by atoms with Gasteiger partial charge in [-0.25, -0.2) is 0 Å². The van der Waals surface area contributed by atoms with E-state index < -0.39 is 0 Å². The van der Waals surface area contributed by atoms with Gasteiger partial charge in [-0.2, -0.15) is 9.97 Å². The van der Waals surface area contributed by atoms with Crippen LogP contribution in [-0.2, 0) is 11.3 Å². The first kappa shape index (κ1) is 21.3. The molecule has 2 N–H and O–H groups in total. The van der Waals surface area contributed by atoms with E-state index in [-0.39, 0.29) is 0 Å². The number of fused-ring (bicyclic) bond motifs is 1. The smallest absolute Gasteiger partial charge is 0.229 e. The Bertz CT molecular complexity index is 1240. The van der Waals surface area contributed by atoms with E-state index in [2.05, 4.69) is 59.4 Å². The number of ether oxygens (including phenoxy) is 2. The molecule has 2 aromatic carbocycles. The Balaban J connectivity index is 1.43. The number of anilines is 3. The second-order valence-corrected chi connectivity index (χ2v) is 8.52. The molecule has 1 fully saturated rings. The SMILES string of the molecule is Cc1cc2c(Nc3cc(C)c(OCc4ccccc4)c(C)c3)nc(N3CCOCC3)nc2[nH]1. The van der Waals surface area contributed by atoms with Crippen LogP contribution in [0.4, 0.5) is 17.5 Å². The Morgan fingerprint density at radius 1 is 1.00 bits per heavy atom. The topological polar surface area (TPSA) is 75.3 Å².